The summed E-state index contributed by atoms with van der Waals surface area (Å²) in [6, 6.07) is 0. The van der Waals surface area contributed by atoms with Gasteiger partial charge in [0.05, 0.1) is 10.7 Å². The van der Waals surface area contributed by atoms with E-state index in [0.717, 1.165) is 29.1 Å². The quantitative estimate of drug-likeness (QED) is 0.304. The smallest absolute Gasteiger partial charge is 0.306 e. The molecule has 1 aromatic heterocycles. The maximum atomic E-state index is 13.6. The normalized spacial score (nSPS) is 33.7. The zero-order chi connectivity index (χ0) is 26.5. The van der Waals surface area contributed by atoms with Crippen LogP contribution in [0.25, 0.3) is 6.08 Å². The van der Waals surface area contributed by atoms with Crippen molar-refractivity contribution in [1.82, 2.24) is 4.98 Å². The van der Waals surface area contributed by atoms with Gasteiger partial charge in [-0.05, 0) is 68.9 Å². The maximum absolute atomic E-state index is 13.6. The highest BCUT2D eigenvalue weighted by molar-refractivity contribution is 7.09. The molecule has 1 aliphatic heterocycles. The molecule has 196 valence electrons. The van der Waals surface area contributed by atoms with Crippen LogP contribution in [0, 0.1) is 41.9 Å². The number of hydrogen-bond donors (Lipinski definition) is 0. The van der Waals surface area contributed by atoms with Gasteiger partial charge in [0.15, 0.2) is 0 Å². The molecule has 2 rings (SSSR count). The number of allylic oxidation sites excluding steroid dienone is 1. The Morgan fingerprint density at radius 3 is 2.37 bits per heavy atom. The number of carbonyl (C=O) groups is 2. The number of cyclic esters (lactones) is 1. The monoisotopic (exact) mass is 501 g/mol. The number of esters is 1. The highest BCUT2D eigenvalue weighted by Gasteiger charge is 2.40. The minimum absolute atomic E-state index is 0.0437. The van der Waals surface area contributed by atoms with Crippen molar-refractivity contribution >= 4 is 29.2 Å². The van der Waals surface area contributed by atoms with Gasteiger partial charge in [0, 0.05) is 29.6 Å². The summed E-state index contributed by atoms with van der Waals surface area (Å²) in [7, 11) is 0. The number of nitrogens with zero attached hydrogens (tertiary/aromatic N) is 1. The molecule has 4 nitrogen and oxygen atoms in total. The van der Waals surface area contributed by atoms with Gasteiger partial charge in [-0.3, -0.25) is 9.59 Å². The van der Waals surface area contributed by atoms with Gasteiger partial charge in [-0.1, -0.05) is 60.1 Å². The van der Waals surface area contributed by atoms with Crippen LogP contribution < -0.4 is 0 Å². The van der Waals surface area contributed by atoms with Gasteiger partial charge in [0.1, 0.15) is 11.9 Å². The van der Waals surface area contributed by atoms with Crippen LogP contribution in [0.2, 0.25) is 0 Å². The molecule has 0 unspecified atom stereocenters. The van der Waals surface area contributed by atoms with Gasteiger partial charge in [0.25, 0.3) is 0 Å². The first-order valence-electron chi connectivity index (χ1n) is 13.2. The molecule has 0 spiro atoms. The second kappa shape index (κ2) is 12.5. The molecule has 1 aromatic rings. The molecule has 5 heteroatoms. The Hall–Kier alpha value is -1.75. The summed E-state index contributed by atoms with van der Waals surface area (Å²) in [4.78, 5) is 31.2. The van der Waals surface area contributed by atoms with E-state index >= 15 is 0 Å². The van der Waals surface area contributed by atoms with Crippen molar-refractivity contribution in [2.45, 2.75) is 101 Å². The predicted octanol–water partition coefficient (Wildman–Crippen LogP) is 8.06. The van der Waals surface area contributed by atoms with Crippen LogP contribution in [0.15, 0.2) is 22.6 Å². The Kier molecular flexibility index (Phi) is 10.5. The van der Waals surface area contributed by atoms with Crippen LogP contribution in [-0.4, -0.2) is 22.8 Å². The topological polar surface area (TPSA) is 56.3 Å². The zero-order valence-corrected chi connectivity index (χ0v) is 24.4. The van der Waals surface area contributed by atoms with Gasteiger partial charge in [-0.15, -0.1) is 11.3 Å². The van der Waals surface area contributed by atoms with Crippen molar-refractivity contribution in [2.24, 2.45) is 35.0 Å². The Morgan fingerprint density at radius 2 is 1.77 bits per heavy atom. The van der Waals surface area contributed by atoms with E-state index in [0.29, 0.717) is 24.2 Å². The van der Waals surface area contributed by atoms with Crippen LogP contribution in [0.3, 0.4) is 0 Å². The molecule has 2 heterocycles. The predicted molar refractivity (Wildman–Crippen MR) is 147 cm³/mol. The molecular weight excluding hydrogens is 454 g/mol. The summed E-state index contributed by atoms with van der Waals surface area (Å²) in [6.45, 7) is 21.0. The van der Waals surface area contributed by atoms with Gasteiger partial charge >= 0.3 is 5.97 Å². The molecule has 0 saturated heterocycles. The van der Waals surface area contributed by atoms with E-state index in [2.05, 4.69) is 45.7 Å². The van der Waals surface area contributed by atoms with Gasteiger partial charge in [-0.25, -0.2) is 4.98 Å². The largest absolute Gasteiger partial charge is 0.457 e. The first-order valence-corrected chi connectivity index (χ1v) is 14.1. The van der Waals surface area contributed by atoms with Crippen LogP contribution >= 0.6 is 11.3 Å². The van der Waals surface area contributed by atoms with Crippen molar-refractivity contribution in [3.63, 3.8) is 0 Å². The summed E-state index contributed by atoms with van der Waals surface area (Å²) in [5.41, 5.74) is 2.63. The van der Waals surface area contributed by atoms with Crippen molar-refractivity contribution < 1.29 is 14.3 Å². The van der Waals surface area contributed by atoms with E-state index in [9.17, 15) is 9.59 Å². The minimum Gasteiger partial charge on any atom is -0.457 e. The fourth-order valence-electron chi connectivity index (χ4n) is 4.87. The lowest BCUT2D eigenvalue weighted by atomic mass is 9.67. The highest BCUT2D eigenvalue weighted by atomic mass is 32.1. The summed E-state index contributed by atoms with van der Waals surface area (Å²) in [5.74, 6) is 1.07. The molecule has 0 bridgehead atoms. The number of thiazole rings is 1. The summed E-state index contributed by atoms with van der Waals surface area (Å²) < 4.78 is 6.05. The third-order valence-electron chi connectivity index (χ3n) is 8.72. The Balaban J connectivity index is 2.38. The number of rotatable bonds is 2. The number of ketones is 1. The van der Waals surface area contributed by atoms with Crippen LogP contribution in [0.4, 0.5) is 0 Å². The number of aromatic nitrogens is 1. The maximum Gasteiger partial charge on any atom is 0.306 e. The lowest BCUT2D eigenvalue weighted by Crippen LogP contribution is -2.40. The zero-order valence-electron chi connectivity index (χ0n) is 23.6. The molecule has 0 aromatic carbocycles. The van der Waals surface area contributed by atoms with E-state index in [-0.39, 0.29) is 36.1 Å². The van der Waals surface area contributed by atoms with Crippen LogP contribution in [-0.2, 0) is 14.3 Å². The van der Waals surface area contributed by atoms with E-state index in [1.54, 1.807) is 11.3 Å². The van der Waals surface area contributed by atoms with Crippen molar-refractivity contribution in [2.75, 3.05) is 0 Å². The number of Topliss-reactive ketones (excluding diaryl/α,β-unsaturated/α-hetero) is 1. The summed E-state index contributed by atoms with van der Waals surface area (Å²) >= 11 is 1.61. The average molecular weight is 502 g/mol. The summed E-state index contributed by atoms with van der Waals surface area (Å²) in [6.07, 6.45) is 6.98. The second-order valence-electron chi connectivity index (χ2n) is 11.6. The number of ether oxygens (including phenoxy) is 1. The number of hydrogen-bond acceptors (Lipinski definition) is 5. The third-order valence-corrected chi connectivity index (χ3v) is 9.51. The summed E-state index contributed by atoms with van der Waals surface area (Å²) in [5, 5.41) is 3.04. The molecular formula is C30H47NO3S. The average Bonchev–Trinajstić information content (AvgIpc) is 3.21. The van der Waals surface area contributed by atoms with E-state index < -0.39 is 5.41 Å². The van der Waals surface area contributed by atoms with E-state index in [1.807, 2.05) is 46.1 Å². The van der Waals surface area contributed by atoms with E-state index in [1.165, 1.54) is 5.57 Å². The fourth-order valence-corrected chi connectivity index (χ4v) is 5.44. The Bertz CT molecular complexity index is 941. The molecule has 35 heavy (non-hydrogen) atoms. The molecule has 0 saturated carbocycles. The fraction of sp³-hybridized carbons (Fsp3) is 0.700. The Labute approximate surface area is 217 Å². The third kappa shape index (κ3) is 7.87. The van der Waals surface area contributed by atoms with Gasteiger partial charge < -0.3 is 4.74 Å². The number of carbonyl (C=O) groups excluding carboxylic acids is 2. The van der Waals surface area contributed by atoms with E-state index in [4.69, 9.17) is 4.74 Å². The molecule has 0 radical (unpaired) electrons. The second-order valence-corrected chi connectivity index (χ2v) is 12.7. The van der Waals surface area contributed by atoms with Crippen LogP contribution in [0.1, 0.15) is 98.7 Å². The lowest BCUT2D eigenvalue weighted by molar-refractivity contribution is -0.150. The van der Waals surface area contributed by atoms with Gasteiger partial charge in [-0.2, -0.15) is 0 Å². The Morgan fingerprint density at radius 1 is 1.11 bits per heavy atom. The van der Waals surface area contributed by atoms with Gasteiger partial charge in [0.2, 0.25) is 0 Å². The van der Waals surface area contributed by atoms with Crippen molar-refractivity contribution in [3.8, 4) is 0 Å². The number of aryl methyl sites for hydroxylation is 1. The SMILES string of the molecule is C/C1=C/C[C@@H](/C(C)=C/c2csc(C)n2)OC(=O)C[C@H](C)C(C)(C)C(=O)[C@H](C)[C@@H](C)[C@@H](C)CC[C@@H]1C. The lowest BCUT2D eigenvalue weighted by Gasteiger charge is -2.36. The van der Waals surface area contributed by atoms with Crippen molar-refractivity contribution in [3.05, 3.63) is 33.3 Å². The molecule has 0 fully saturated rings. The first-order chi connectivity index (χ1) is 16.2. The minimum atomic E-state index is -0.591. The molecule has 6 atom stereocenters. The molecule has 1 aliphatic rings. The highest BCUT2D eigenvalue weighted by Crippen LogP contribution is 2.38. The molecule has 0 aliphatic carbocycles. The molecule has 0 amide bonds. The standard InChI is InChI=1S/C30H47NO3S/c1-18-11-12-20(3)23(6)24(7)29(33)30(9,10)22(5)16-28(32)34-27(14-13-19(18)2)21(4)15-26-17-35-25(8)31-26/h13,15,17-18,20,22-24,27H,11-12,14,16H2,1-10H3/b19-13-,21-15+/t18-,20-,22-,23-,24+,27-/m0/s1. The van der Waals surface area contributed by atoms with Crippen LogP contribution in [0.5, 0.6) is 0 Å². The van der Waals surface area contributed by atoms with Crippen molar-refractivity contribution in [1.29, 1.82) is 0 Å². The molecule has 0 N–H and O–H groups in total. The first kappa shape index (κ1) is 29.5.